The van der Waals surface area contributed by atoms with Crippen molar-refractivity contribution in [2.24, 2.45) is 0 Å². The second-order valence-electron chi connectivity index (χ2n) is 3.04. The molecule has 78 valence electrons. The zero-order valence-electron chi connectivity index (χ0n) is 8.21. The molecule has 3 nitrogen and oxygen atoms in total. The Balaban J connectivity index is 2.25. The van der Waals surface area contributed by atoms with Crippen molar-refractivity contribution in [2.45, 2.75) is 25.1 Å². The quantitative estimate of drug-likeness (QED) is 0.854. The molecule has 0 aliphatic heterocycles. The maximum Gasteiger partial charge on any atom is 0.233 e. The van der Waals surface area contributed by atoms with Crippen LogP contribution >= 0.6 is 27.3 Å². The van der Waals surface area contributed by atoms with E-state index in [9.17, 15) is 4.79 Å². The van der Waals surface area contributed by atoms with Crippen LogP contribution in [0.25, 0.3) is 0 Å². The van der Waals surface area contributed by atoms with Gasteiger partial charge in [-0.3, -0.25) is 4.79 Å². The number of aromatic nitrogens is 1. The van der Waals surface area contributed by atoms with Gasteiger partial charge in [-0.25, -0.2) is 4.98 Å². The van der Waals surface area contributed by atoms with Crippen LogP contribution in [0, 0.1) is 6.92 Å². The highest BCUT2D eigenvalue weighted by molar-refractivity contribution is 9.10. The van der Waals surface area contributed by atoms with Crippen molar-refractivity contribution in [3.63, 3.8) is 0 Å². The molecule has 0 fully saturated rings. The number of hydrogen-bond acceptors (Lipinski definition) is 3. The van der Waals surface area contributed by atoms with Gasteiger partial charge in [0.1, 0.15) is 0 Å². The zero-order valence-corrected chi connectivity index (χ0v) is 10.6. The van der Waals surface area contributed by atoms with E-state index < -0.39 is 0 Å². The molecule has 0 aromatic carbocycles. The second kappa shape index (κ2) is 5.46. The highest BCUT2D eigenvalue weighted by Gasteiger charge is 2.07. The van der Waals surface area contributed by atoms with E-state index >= 15 is 0 Å². The Morgan fingerprint density at radius 3 is 3.00 bits per heavy atom. The van der Waals surface area contributed by atoms with Gasteiger partial charge in [0.25, 0.3) is 0 Å². The maximum atomic E-state index is 11.2. The van der Waals surface area contributed by atoms with Gasteiger partial charge in [0.15, 0.2) is 0 Å². The van der Waals surface area contributed by atoms with E-state index in [0.29, 0.717) is 6.54 Å². The molecule has 0 bridgehead atoms. The minimum absolute atomic E-state index is 0.0262. The van der Waals surface area contributed by atoms with Crippen molar-refractivity contribution < 1.29 is 4.79 Å². The highest BCUT2D eigenvalue weighted by atomic mass is 79.9. The fraction of sp³-hybridized carbons (Fsp3) is 0.556. The molecule has 1 atom stereocenters. The molecule has 0 aliphatic rings. The number of nitrogens with zero attached hydrogens (tertiary/aromatic N) is 1. The Hall–Kier alpha value is -0.420. The Morgan fingerprint density at radius 2 is 2.50 bits per heavy atom. The maximum absolute atomic E-state index is 11.2. The average Bonchev–Trinajstić information content (AvgIpc) is 2.51. The van der Waals surface area contributed by atoms with Gasteiger partial charge in [0, 0.05) is 24.0 Å². The molecule has 14 heavy (non-hydrogen) atoms. The molecule has 0 aliphatic carbocycles. The summed E-state index contributed by atoms with van der Waals surface area (Å²) in [7, 11) is 0. The number of alkyl halides is 1. The summed E-state index contributed by atoms with van der Waals surface area (Å²) in [4.78, 5) is 15.3. The third-order valence-corrected chi connectivity index (χ3v) is 3.11. The van der Waals surface area contributed by atoms with Crippen molar-refractivity contribution in [1.29, 1.82) is 0 Å². The SMILES string of the molecule is Cc1csc(CCNC(=O)C(C)Br)n1. The lowest BCUT2D eigenvalue weighted by Crippen LogP contribution is -2.30. The molecule has 0 radical (unpaired) electrons. The van der Waals surface area contributed by atoms with Gasteiger partial charge in [-0.05, 0) is 13.8 Å². The second-order valence-corrected chi connectivity index (χ2v) is 5.36. The van der Waals surface area contributed by atoms with Crippen LogP contribution in [0.5, 0.6) is 0 Å². The first kappa shape index (κ1) is 11.7. The summed E-state index contributed by atoms with van der Waals surface area (Å²) in [6.07, 6.45) is 0.809. The van der Waals surface area contributed by atoms with E-state index in [0.717, 1.165) is 17.1 Å². The minimum atomic E-state index is -0.125. The first-order chi connectivity index (χ1) is 6.59. The number of amides is 1. The lowest BCUT2D eigenvalue weighted by atomic mass is 10.4. The fourth-order valence-corrected chi connectivity index (χ4v) is 1.89. The van der Waals surface area contributed by atoms with Gasteiger partial charge in [-0.2, -0.15) is 0 Å². The monoisotopic (exact) mass is 276 g/mol. The molecule has 1 aromatic heterocycles. The normalized spacial score (nSPS) is 12.5. The lowest BCUT2D eigenvalue weighted by molar-refractivity contribution is -0.120. The van der Waals surface area contributed by atoms with Crippen LogP contribution in [-0.2, 0) is 11.2 Å². The number of aryl methyl sites for hydroxylation is 1. The third kappa shape index (κ3) is 3.75. The number of nitrogens with one attached hydrogen (secondary N) is 1. The van der Waals surface area contributed by atoms with E-state index in [2.05, 4.69) is 26.2 Å². The van der Waals surface area contributed by atoms with Crippen molar-refractivity contribution in [3.8, 4) is 0 Å². The van der Waals surface area contributed by atoms with E-state index in [1.54, 1.807) is 11.3 Å². The van der Waals surface area contributed by atoms with Gasteiger partial charge in [-0.15, -0.1) is 11.3 Å². The number of rotatable bonds is 4. The van der Waals surface area contributed by atoms with Gasteiger partial charge in [0.05, 0.1) is 9.83 Å². The number of carbonyl (C=O) groups is 1. The van der Waals surface area contributed by atoms with Crippen LogP contribution in [0.15, 0.2) is 5.38 Å². The van der Waals surface area contributed by atoms with Crippen LogP contribution in [0.2, 0.25) is 0 Å². The van der Waals surface area contributed by atoms with Gasteiger partial charge in [0.2, 0.25) is 5.91 Å². The van der Waals surface area contributed by atoms with Crippen LogP contribution in [0.4, 0.5) is 0 Å². The summed E-state index contributed by atoms with van der Waals surface area (Å²) in [6.45, 7) is 4.43. The molecule has 1 unspecified atom stereocenters. The number of thiazole rings is 1. The van der Waals surface area contributed by atoms with Gasteiger partial charge >= 0.3 is 0 Å². The van der Waals surface area contributed by atoms with E-state index in [-0.39, 0.29) is 10.7 Å². The van der Waals surface area contributed by atoms with Crippen molar-refractivity contribution in [3.05, 3.63) is 16.1 Å². The Morgan fingerprint density at radius 1 is 1.79 bits per heavy atom. The largest absolute Gasteiger partial charge is 0.355 e. The van der Waals surface area contributed by atoms with E-state index in [1.165, 1.54) is 0 Å². The van der Waals surface area contributed by atoms with Gasteiger partial charge in [-0.1, -0.05) is 15.9 Å². The van der Waals surface area contributed by atoms with Crippen LogP contribution in [-0.4, -0.2) is 22.3 Å². The number of carbonyl (C=O) groups excluding carboxylic acids is 1. The van der Waals surface area contributed by atoms with E-state index in [1.807, 2.05) is 19.2 Å². The van der Waals surface area contributed by atoms with Gasteiger partial charge < -0.3 is 5.32 Å². The van der Waals surface area contributed by atoms with Crippen molar-refractivity contribution >= 4 is 33.2 Å². The molecule has 0 saturated heterocycles. The molecular weight excluding hydrogens is 264 g/mol. The van der Waals surface area contributed by atoms with Crippen LogP contribution in [0.1, 0.15) is 17.6 Å². The Kier molecular flexibility index (Phi) is 4.54. The first-order valence-electron chi connectivity index (χ1n) is 4.42. The summed E-state index contributed by atoms with van der Waals surface area (Å²) in [5.74, 6) is 0.0262. The van der Waals surface area contributed by atoms with Crippen molar-refractivity contribution in [1.82, 2.24) is 10.3 Å². The summed E-state index contributed by atoms with van der Waals surface area (Å²) in [6, 6.07) is 0. The number of hydrogen-bond donors (Lipinski definition) is 1. The summed E-state index contributed by atoms with van der Waals surface area (Å²) < 4.78 is 0. The Labute approximate surface area is 96.1 Å². The first-order valence-corrected chi connectivity index (χ1v) is 6.22. The zero-order chi connectivity index (χ0) is 10.6. The smallest absolute Gasteiger partial charge is 0.233 e. The molecule has 1 aromatic rings. The van der Waals surface area contributed by atoms with Crippen molar-refractivity contribution in [2.75, 3.05) is 6.54 Å². The topological polar surface area (TPSA) is 42.0 Å². The Bertz CT molecular complexity index is 312. The minimum Gasteiger partial charge on any atom is -0.355 e. The summed E-state index contributed by atoms with van der Waals surface area (Å²) in [5, 5.41) is 5.91. The predicted molar refractivity (Wildman–Crippen MR) is 62.0 cm³/mol. The molecular formula is C9H13BrN2OS. The molecule has 0 saturated carbocycles. The fourth-order valence-electron chi connectivity index (χ4n) is 0.951. The predicted octanol–water partition coefficient (Wildman–Crippen LogP) is 1.89. The van der Waals surface area contributed by atoms with Crippen LogP contribution in [0.3, 0.4) is 0 Å². The molecule has 1 N–H and O–H groups in total. The van der Waals surface area contributed by atoms with Crippen LogP contribution < -0.4 is 5.32 Å². The highest BCUT2D eigenvalue weighted by Crippen LogP contribution is 2.08. The standard InChI is InChI=1S/C9H13BrN2OS/c1-6-5-14-8(12-6)3-4-11-9(13)7(2)10/h5,7H,3-4H2,1-2H3,(H,11,13). The molecule has 5 heteroatoms. The summed E-state index contributed by atoms with van der Waals surface area (Å²) in [5.41, 5.74) is 1.05. The molecule has 0 spiro atoms. The van der Waals surface area contributed by atoms with E-state index in [4.69, 9.17) is 0 Å². The third-order valence-electron chi connectivity index (χ3n) is 1.67. The lowest BCUT2D eigenvalue weighted by Gasteiger charge is -2.04. The molecule has 1 heterocycles. The average molecular weight is 277 g/mol. The molecule has 1 amide bonds. The summed E-state index contributed by atoms with van der Waals surface area (Å²) >= 11 is 4.84. The molecule has 1 rings (SSSR count). The number of halogens is 1.